The van der Waals surface area contributed by atoms with Gasteiger partial charge in [0.1, 0.15) is 0 Å². The Balaban J connectivity index is 2.52. The lowest BCUT2D eigenvalue weighted by atomic mass is 9.99. The number of aryl methyl sites for hydroxylation is 1. The number of allylic oxidation sites excluding steroid dienone is 4. The molecule has 0 radical (unpaired) electrons. The summed E-state index contributed by atoms with van der Waals surface area (Å²) in [6.07, 6.45) is 9.94. The molecule has 0 fully saturated rings. The zero-order valence-corrected chi connectivity index (χ0v) is 13.7. The first-order chi connectivity index (χ1) is 10.1. The minimum atomic E-state index is 1.09. The molecule has 0 N–H and O–H groups in total. The lowest BCUT2D eigenvalue weighted by Gasteiger charge is -2.12. The molecule has 0 saturated carbocycles. The lowest BCUT2D eigenvalue weighted by molar-refractivity contribution is -0.379. The smallest absolute Gasteiger partial charge is 0.169 e. The molecule has 1 aromatic rings. The zero-order chi connectivity index (χ0) is 15.4. The second kappa shape index (κ2) is 6.71. The van der Waals surface area contributed by atoms with Gasteiger partial charge < -0.3 is 0 Å². The number of benzene rings is 1. The van der Waals surface area contributed by atoms with Crippen LogP contribution in [0, 0.1) is 6.92 Å². The Morgan fingerprint density at radius 2 is 2.00 bits per heavy atom. The molecule has 0 aliphatic carbocycles. The minimum absolute atomic E-state index is 1.09. The van der Waals surface area contributed by atoms with Crippen molar-refractivity contribution in [2.24, 2.45) is 0 Å². The molecule has 0 bridgehead atoms. The van der Waals surface area contributed by atoms with Gasteiger partial charge in [-0.05, 0) is 37.8 Å². The van der Waals surface area contributed by atoms with Crippen molar-refractivity contribution in [2.75, 3.05) is 0 Å². The monoisotopic (exact) mass is 280 g/mol. The fourth-order valence-corrected chi connectivity index (χ4v) is 2.95. The molecule has 1 heteroatoms. The van der Waals surface area contributed by atoms with E-state index in [1.165, 1.54) is 28.1 Å². The number of rotatable bonds is 3. The third kappa shape index (κ3) is 3.41. The third-order valence-corrected chi connectivity index (χ3v) is 4.28. The van der Waals surface area contributed by atoms with Crippen LogP contribution >= 0.6 is 0 Å². The Bertz CT molecular complexity index is 642. The van der Waals surface area contributed by atoms with Gasteiger partial charge in [-0.2, -0.15) is 4.58 Å². The van der Waals surface area contributed by atoms with Crippen LogP contribution < -0.4 is 0 Å². The maximum absolute atomic E-state index is 3.88. The first-order valence-electron chi connectivity index (χ1n) is 7.79. The van der Waals surface area contributed by atoms with Gasteiger partial charge in [0, 0.05) is 31.1 Å². The van der Waals surface area contributed by atoms with Gasteiger partial charge in [-0.15, -0.1) is 0 Å². The van der Waals surface area contributed by atoms with E-state index in [0.29, 0.717) is 0 Å². The van der Waals surface area contributed by atoms with Gasteiger partial charge in [0.2, 0.25) is 5.69 Å². The maximum Gasteiger partial charge on any atom is 0.214 e. The Kier molecular flexibility index (Phi) is 4.95. The highest BCUT2D eigenvalue weighted by atomic mass is 15.0. The fourth-order valence-electron chi connectivity index (χ4n) is 2.95. The fraction of sp³-hybridized carbons (Fsp3) is 0.350. The normalized spacial score (nSPS) is 19.4. The second-order valence-electron chi connectivity index (χ2n) is 5.77. The molecule has 0 amide bonds. The molecule has 0 unspecified atom stereocenters. The molecule has 2 rings (SSSR count). The van der Waals surface area contributed by atoms with E-state index >= 15 is 0 Å². The Labute approximate surface area is 129 Å². The summed E-state index contributed by atoms with van der Waals surface area (Å²) in [4.78, 5) is 0. The van der Waals surface area contributed by atoms with Crippen LogP contribution in [0.5, 0.6) is 0 Å². The van der Waals surface area contributed by atoms with Crippen molar-refractivity contribution in [1.29, 1.82) is 0 Å². The van der Waals surface area contributed by atoms with Gasteiger partial charge in [-0.1, -0.05) is 37.3 Å². The third-order valence-electron chi connectivity index (χ3n) is 4.28. The van der Waals surface area contributed by atoms with Crippen LogP contribution in [0.2, 0.25) is 0 Å². The summed E-state index contributed by atoms with van der Waals surface area (Å²) in [6.45, 7) is 12.7. The molecule has 0 aromatic heterocycles. The molecule has 0 spiro atoms. The predicted molar refractivity (Wildman–Crippen MR) is 93.2 cm³/mol. The van der Waals surface area contributed by atoms with Crippen LogP contribution in [0.15, 0.2) is 47.7 Å². The SMILES string of the molecule is C=Cc1ccc(C)c([N+]2=CCC/C(CC)=C(\C)C=C2C)c1. The molecule has 1 aromatic carbocycles. The quantitative estimate of drug-likeness (QED) is 0.618. The molecule has 1 heterocycles. The molecule has 1 aliphatic heterocycles. The largest absolute Gasteiger partial charge is 0.214 e. The Morgan fingerprint density at radius 3 is 2.67 bits per heavy atom. The van der Waals surface area contributed by atoms with E-state index in [1.54, 1.807) is 5.57 Å². The van der Waals surface area contributed by atoms with E-state index in [0.717, 1.165) is 19.3 Å². The molecular formula is C20H26N+. The number of hydrogen-bond donors (Lipinski definition) is 0. The van der Waals surface area contributed by atoms with Crippen LogP contribution in [0.1, 0.15) is 51.2 Å². The molecule has 1 aliphatic rings. The molecule has 21 heavy (non-hydrogen) atoms. The Hall–Kier alpha value is -1.89. The van der Waals surface area contributed by atoms with Crippen molar-refractivity contribution >= 4 is 18.0 Å². The minimum Gasteiger partial charge on any atom is -0.169 e. The van der Waals surface area contributed by atoms with E-state index in [1.807, 2.05) is 6.08 Å². The van der Waals surface area contributed by atoms with E-state index in [2.05, 4.69) is 69.3 Å². The Morgan fingerprint density at radius 1 is 1.24 bits per heavy atom. The van der Waals surface area contributed by atoms with E-state index in [9.17, 15) is 0 Å². The zero-order valence-electron chi connectivity index (χ0n) is 13.7. The number of nitrogens with zero attached hydrogens (tertiary/aromatic N) is 1. The molecular weight excluding hydrogens is 254 g/mol. The van der Waals surface area contributed by atoms with Gasteiger partial charge in [0.05, 0.1) is 0 Å². The topological polar surface area (TPSA) is 3.01 Å². The highest BCUT2D eigenvalue weighted by molar-refractivity contribution is 5.60. The average molecular weight is 280 g/mol. The van der Waals surface area contributed by atoms with Crippen molar-refractivity contribution in [3.8, 4) is 0 Å². The van der Waals surface area contributed by atoms with Crippen LogP contribution in [-0.4, -0.2) is 10.8 Å². The van der Waals surface area contributed by atoms with Crippen molar-refractivity contribution < 1.29 is 4.58 Å². The molecule has 0 atom stereocenters. The summed E-state index contributed by atoms with van der Waals surface area (Å²) in [6, 6.07) is 6.51. The molecule has 0 saturated heterocycles. The van der Waals surface area contributed by atoms with Gasteiger partial charge in [-0.3, -0.25) is 0 Å². The standard InChI is InChI=1S/C20H26N/c1-6-18-11-10-15(3)20(14-18)21-12-8-9-19(7-2)16(4)13-17(21)5/h6,10-14H,1,7-9H2,2-5H3/q+1/b17-13?,19-16+,21-12?. The van der Waals surface area contributed by atoms with Crippen molar-refractivity contribution in [1.82, 2.24) is 0 Å². The highest BCUT2D eigenvalue weighted by Crippen LogP contribution is 2.26. The summed E-state index contributed by atoms with van der Waals surface area (Å²) in [7, 11) is 0. The van der Waals surface area contributed by atoms with Crippen LogP contribution in [-0.2, 0) is 0 Å². The summed E-state index contributed by atoms with van der Waals surface area (Å²) < 4.78 is 2.33. The summed E-state index contributed by atoms with van der Waals surface area (Å²) >= 11 is 0. The van der Waals surface area contributed by atoms with Gasteiger partial charge in [0.25, 0.3) is 0 Å². The second-order valence-corrected chi connectivity index (χ2v) is 5.77. The first-order valence-corrected chi connectivity index (χ1v) is 7.79. The lowest BCUT2D eigenvalue weighted by Crippen LogP contribution is -2.09. The van der Waals surface area contributed by atoms with Gasteiger partial charge in [0.15, 0.2) is 11.9 Å². The maximum atomic E-state index is 3.88. The van der Waals surface area contributed by atoms with Gasteiger partial charge >= 0.3 is 0 Å². The van der Waals surface area contributed by atoms with Crippen molar-refractivity contribution in [2.45, 2.75) is 47.0 Å². The highest BCUT2D eigenvalue weighted by Gasteiger charge is 2.18. The van der Waals surface area contributed by atoms with Crippen LogP contribution in [0.25, 0.3) is 6.08 Å². The van der Waals surface area contributed by atoms with Crippen LogP contribution in [0.4, 0.5) is 5.69 Å². The summed E-state index contributed by atoms with van der Waals surface area (Å²) in [5.41, 5.74) is 7.99. The predicted octanol–water partition coefficient (Wildman–Crippen LogP) is 5.78. The summed E-state index contributed by atoms with van der Waals surface area (Å²) in [5, 5.41) is 0. The molecule has 1 nitrogen and oxygen atoms in total. The average Bonchev–Trinajstić information content (AvgIpc) is 2.47. The van der Waals surface area contributed by atoms with E-state index in [4.69, 9.17) is 0 Å². The van der Waals surface area contributed by atoms with Crippen molar-refractivity contribution in [3.05, 3.63) is 58.8 Å². The van der Waals surface area contributed by atoms with Gasteiger partial charge in [-0.25, -0.2) is 0 Å². The molecule has 110 valence electrons. The van der Waals surface area contributed by atoms with Crippen molar-refractivity contribution in [3.63, 3.8) is 0 Å². The van der Waals surface area contributed by atoms with E-state index in [-0.39, 0.29) is 0 Å². The number of hydrogen-bond acceptors (Lipinski definition) is 0. The summed E-state index contributed by atoms with van der Waals surface area (Å²) in [5.74, 6) is 0. The van der Waals surface area contributed by atoms with Crippen LogP contribution in [0.3, 0.4) is 0 Å². The first kappa shape index (κ1) is 15.5. The van der Waals surface area contributed by atoms with E-state index < -0.39 is 0 Å².